The van der Waals surface area contributed by atoms with Gasteiger partial charge < -0.3 is 10.6 Å². The van der Waals surface area contributed by atoms with Crippen molar-refractivity contribution in [1.29, 1.82) is 0 Å². The molecule has 0 spiro atoms. The van der Waals surface area contributed by atoms with E-state index in [1.165, 1.54) is 11.1 Å². The molecule has 2 aromatic rings. The molecule has 2 aromatic carbocycles. The van der Waals surface area contributed by atoms with Crippen molar-refractivity contribution in [3.8, 4) is 0 Å². The molecule has 0 unspecified atom stereocenters. The number of likely N-dealkylation sites (N-methyl/N-ethyl adjacent to an activating group) is 1. The Balaban J connectivity index is 2.32. The molecule has 0 bridgehead atoms. The van der Waals surface area contributed by atoms with Gasteiger partial charge in [-0.15, -0.1) is 0 Å². The molecule has 2 heteroatoms. The van der Waals surface area contributed by atoms with Crippen LogP contribution in [-0.4, -0.2) is 19.0 Å². The van der Waals surface area contributed by atoms with Gasteiger partial charge in [0.25, 0.3) is 0 Å². The lowest BCUT2D eigenvalue weighted by atomic mass is 9.93. The zero-order chi connectivity index (χ0) is 13.0. The second-order valence-electron chi connectivity index (χ2n) is 4.76. The number of nitrogens with zero attached hydrogens (tertiary/aromatic N) is 1. The van der Waals surface area contributed by atoms with Crippen molar-refractivity contribution < 1.29 is 0 Å². The molecule has 0 radical (unpaired) electrons. The fourth-order valence-corrected chi connectivity index (χ4v) is 2.33. The minimum absolute atomic E-state index is 0.0244. The molecular weight excluding hydrogens is 220 g/mol. The van der Waals surface area contributed by atoms with Gasteiger partial charge in [-0.2, -0.15) is 0 Å². The van der Waals surface area contributed by atoms with Crippen LogP contribution in [0.15, 0.2) is 60.7 Å². The summed E-state index contributed by atoms with van der Waals surface area (Å²) in [6.07, 6.45) is 0. The first kappa shape index (κ1) is 12.8. The summed E-state index contributed by atoms with van der Waals surface area (Å²) in [6.45, 7) is 0. The molecular formula is C16H20N2. The molecule has 0 heterocycles. The Labute approximate surface area is 109 Å². The highest BCUT2D eigenvalue weighted by atomic mass is 15.1. The molecule has 0 aliphatic rings. The Morgan fingerprint density at radius 2 is 1.22 bits per heavy atom. The minimum Gasteiger partial charge on any atom is -0.322 e. The fourth-order valence-electron chi connectivity index (χ4n) is 2.33. The topological polar surface area (TPSA) is 29.3 Å². The van der Waals surface area contributed by atoms with Gasteiger partial charge in [0.05, 0.1) is 6.04 Å². The maximum absolute atomic E-state index is 6.43. The maximum atomic E-state index is 6.43. The Hall–Kier alpha value is -1.64. The van der Waals surface area contributed by atoms with Crippen molar-refractivity contribution in [3.05, 3.63) is 71.8 Å². The Kier molecular flexibility index (Phi) is 4.13. The largest absolute Gasteiger partial charge is 0.322 e. The van der Waals surface area contributed by atoms with E-state index in [1.807, 2.05) is 24.3 Å². The van der Waals surface area contributed by atoms with Crippen LogP contribution in [0.4, 0.5) is 0 Å². The van der Waals surface area contributed by atoms with Crippen LogP contribution in [0.3, 0.4) is 0 Å². The normalized spacial score (nSPS) is 14.4. The van der Waals surface area contributed by atoms with E-state index in [9.17, 15) is 0 Å². The monoisotopic (exact) mass is 240 g/mol. The molecule has 2 rings (SSSR count). The molecule has 0 saturated heterocycles. The molecule has 2 atom stereocenters. The third-order valence-electron chi connectivity index (χ3n) is 3.22. The third-order valence-corrected chi connectivity index (χ3v) is 3.22. The van der Waals surface area contributed by atoms with Gasteiger partial charge >= 0.3 is 0 Å². The van der Waals surface area contributed by atoms with Crippen LogP contribution >= 0.6 is 0 Å². The molecule has 0 fully saturated rings. The summed E-state index contributed by atoms with van der Waals surface area (Å²) in [5.41, 5.74) is 8.85. The highest BCUT2D eigenvalue weighted by molar-refractivity contribution is 5.27. The molecule has 0 aliphatic heterocycles. The van der Waals surface area contributed by atoms with Crippen molar-refractivity contribution in [2.75, 3.05) is 14.1 Å². The molecule has 18 heavy (non-hydrogen) atoms. The summed E-state index contributed by atoms with van der Waals surface area (Å²) in [6, 6.07) is 20.8. The van der Waals surface area contributed by atoms with Gasteiger partial charge in [0.2, 0.25) is 0 Å². The fraction of sp³-hybridized carbons (Fsp3) is 0.250. The predicted molar refractivity (Wildman–Crippen MR) is 76.2 cm³/mol. The summed E-state index contributed by atoms with van der Waals surface area (Å²) in [5, 5.41) is 0. The summed E-state index contributed by atoms with van der Waals surface area (Å²) < 4.78 is 0. The van der Waals surface area contributed by atoms with E-state index in [0.717, 1.165) is 0 Å². The lowest BCUT2D eigenvalue weighted by Crippen LogP contribution is -2.31. The highest BCUT2D eigenvalue weighted by Gasteiger charge is 2.22. The van der Waals surface area contributed by atoms with Crippen LogP contribution in [0, 0.1) is 0 Å². The second-order valence-corrected chi connectivity index (χ2v) is 4.76. The molecule has 0 aromatic heterocycles. The van der Waals surface area contributed by atoms with E-state index >= 15 is 0 Å². The number of rotatable bonds is 4. The SMILES string of the molecule is CN(C)[C@H](c1ccccc1)[C@@H](N)c1ccccc1. The maximum Gasteiger partial charge on any atom is 0.0536 e. The second kappa shape index (κ2) is 5.80. The van der Waals surface area contributed by atoms with Gasteiger partial charge in [-0.3, -0.25) is 0 Å². The molecule has 0 aliphatic carbocycles. The summed E-state index contributed by atoms with van der Waals surface area (Å²) in [5.74, 6) is 0. The minimum atomic E-state index is -0.0244. The first-order chi connectivity index (χ1) is 8.70. The molecule has 0 amide bonds. The van der Waals surface area contributed by atoms with Crippen molar-refractivity contribution >= 4 is 0 Å². The number of nitrogens with two attached hydrogens (primary N) is 1. The number of hydrogen-bond acceptors (Lipinski definition) is 2. The Morgan fingerprint density at radius 3 is 1.67 bits per heavy atom. The van der Waals surface area contributed by atoms with Crippen LogP contribution in [0.2, 0.25) is 0 Å². The smallest absolute Gasteiger partial charge is 0.0536 e. The zero-order valence-electron chi connectivity index (χ0n) is 11.0. The van der Waals surface area contributed by atoms with Crippen molar-refractivity contribution in [3.63, 3.8) is 0 Å². The zero-order valence-corrected chi connectivity index (χ0v) is 11.0. The predicted octanol–water partition coefficient (Wildman–Crippen LogP) is 2.99. The van der Waals surface area contributed by atoms with Gasteiger partial charge in [-0.05, 0) is 25.2 Å². The highest BCUT2D eigenvalue weighted by Crippen LogP contribution is 2.30. The first-order valence-corrected chi connectivity index (χ1v) is 6.22. The van der Waals surface area contributed by atoms with Crippen molar-refractivity contribution in [2.24, 2.45) is 5.73 Å². The first-order valence-electron chi connectivity index (χ1n) is 6.22. The average Bonchev–Trinajstić information content (AvgIpc) is 2.40. The molecule has 2 nitrogen and oxygen atoms in total. The van der Waals surface area contributed by atoms with Gasteiger partial charge in [-0.25, -0.2) is 0 Å². The van der Waals surface area contributed by atoms with E-state index in [-0.39, 0.29) is 12.1 Å². The molecule has 0 saturated carbocycles. The van der Waals surface area contributed by atoms with Crippen molar-refractivity contribution in [1.82, 2.24) is 4.90 Å². The van der Waals surface area contributed by atoms with Crippen LogP contribution in [-0.2, 0) is 0 Å². The van der Waals surface area contributed by atoms with E-state index in [2.05, 4.69) is 55.4 Å². The van der Waals surface area contributed by atoms with E-state index in [1.54, 1.807) is 0 Å². The van der Waals surface area contributed by atoms with E-state index in [4.69, 9.17) is 5.73 Å². The van der Waals surface area contributed by atoms with Gasteiger partial charge in [0.1, 0.15) is 0 Å². The molecule has 2 N–H and O–H groups in total. The summed E-state index contributed by atoms with van der Waals surface area (Å²) in [7, 11) is 4.14. The Bertz CT molecular complexity index is 465. The summed E-state index contributed by atoms with van der Waals surface area (Å²) >= 11 is 0. The van der Waals surface area contributed by atoms with Crippen LogP contribution in [0.5, 0.6) is 0 Å². The third kappa shape index (κ3) is 2.78. The van der Waals surface area contributed by atoms with Crippen LogP contribution in [0.1, 0.15) is 23.2 Å². The quantitative estimate of drug-likeness (QED) is 0.890. The van der Waals surface area contributed by atoms with E-state index < -0.39 is 0 Å². The van der Waals surface area contributed by atoms with Crippen molar-refractivity contribution in [2.45, 2.75) is 12.1 Å². The molecule has 94 valence electrons. The lowest BCUT2D eigenvalue weighted by molar-refractivity contribution is 0.259. The number of hydrogen-bond donors (Lipinski definition) is 1. The van der Waals surface area contributed by atoms with Gasteiger partial charge in [0.15, 0.2) is 0 Å². The summed E-state index contributed by atoms with van der Waals surface area (Å²) in [4.78, 5) is 2.17. The van der Waals surface area contributed by atoms with Crippen LogP contribution in [0.25, 0.3) is 0 Å². The standard InChI is InChI=1S/C16H20N2/c1-18(2)16(14-11-7-4-8-12-14)15(17)13-9-5-3-6-10-13/h3-12,15-16H,17H2,1-2H3/t15-,16+/m0/s1. The average molecular weight is 240 g/mol. The van der Waals surface area contributed by atoms with Crippen LogP contribution < -0.4 is 5.73 Å². The Morgan fingerprint density at radius 1 is 0.778 bits per heavy atom. The van der Waals surface area contributed by atoms with E-state index in [0.29, 0.717) is 0 Å². The van der Waals surface area contributed by atoms with Gasteiger partial charge in [0, 0.05) is 6.04 Å². The van der Waals surface area contributed by atoms with Gasteiger partial charge in [-0.1, -0.05) is 60.7 Å². The lowest BCUT2D eigenvalue weighted by Gasteiger charge is -2.30. The number of benzene rings is 2.